The molecule has 0 N–H and O–H groups in total. The van der Waals surface area contributed by atoms with Crippen LogP contribution in [0.15, 0.2) is 51.7 Å². The van der Waals surface area contributed by atoms with Crippen LogP contribution in [0.2, 0.25) is 0 Å². The minimum Gasteiger partial charge on any atom is -0.303 e. The topological polar surface area (TPSA) is 89.4 Å². The number of para-hydroxylation sites is 1. The standard InChI is InChI=1S/C21H18N6OS2/c22-9-10-26-19(23-17-6-2-1-5-16(17)20(26)28)13-30-21-25-24-18(27(21)14-7-8-14)12-15-4-3-11-29-15/h1-6,11,14H,7-8,10,12-13H2. The van der Waals surface area contributed by atoms with Gasteiger partial charge >= 0.3 is 0 Å². The molecular formula is C21H18N6OS2. The summed E-state index contributed by atoms with van der Waals surface area (Å²) >= 11 is 3.24. The number of nitrogens with zero attached hydrogens (tertiary/aromatic N) is 6. The van der Waals surface area contributed by atoms with Crippen molar-refractivity contribution in [3.05, 3.63) is 68.7 Å². The van der Waals surface area contributed by atoms with Gasteiger partial charge in [-0.2, -0.15) is 5.26 Å². The first-order valence-corrected chi connectivity index (χ1v) is 11.6. The minimum absolute atomic E-state index is 0.0223. The summed E-state index contributed by atoms with van der Waals surface area (Å²) in [5.41, 5.74) is 0.467. The molecule has 150 valence electrons. The largest absolute Gasteiger partial charge is 0.303 e. The third-order valence-electron chi connectivity index (χ3n) is 5.06. The highest BCUT2D eigenvalue weighted by atomic mass is 32.2. The van der Waals surface area contributed by atoms with Crippen LogP contribution in [0.4, 0.5) is 0 Å². The van der Waals surface area contributed by atoms with Crippen molar-refractivity contribution in [1.82, 2.24) is 24.3 Å². The number of aromatic nitrogens is 5. The summed E-state index contributed by atoms with van der Waals surface area (Å²) in [6.07, 6.45) is 3.04. The zero-order valence-corrected chi connectivity index (χ0v) is 17.7. The van der Waals surface area contributed by atoms with E-state index < -0.39 is 0 Å². The molecule has 1 aliphatic rings. The Kier molecular flexibility index (Phi) is 5.11. The Bertz CT molecular complexity index is 1300. The highest BCUT2D eigenvalue weighted by Crippen LogP contribution is 2.39. The van der Waals surface area contributed by atoms with E-state index in [9.17, 15) is 10.1 Å². The van der Waals surface area contributed by atoms with Crippen molar-refractivity contribution in [2.45, 2.75) is 42.8 Å². The molecule has 5 rings (SSSR count). The molecule has 0 unspecified atom stereocenters. The second-order valence-corrected chi connectivity index (χ2v) is 9.11. The minimum atomic E-state index is -0.181. The van der Waals surface area contributed by atoms with Gasteiger partial charge in [0.25, 0.3) is 5.56 Å². The van der Waals surface area contributed by atoms with Crippen LogP contribution in [0.1, 0.15) is 35.4 Å². The molecular weight excluding hydrogens is 416 g/mol. The predicted molar refractivity (Wildman–Crippen MR) is 117 cm³/mol. The van der Waals surface area contributed by atoms with Crippen molar-refractivity contribution in [3.63, 3.8) is 0 Å². The normalized spacial score (nSPS) is 13.6. The molecule has 3 aromatic heterocycles. The SMILES string of the molecule is N#CCn1c(CSc2nnc(Cc3cccs3)n2C2CC2)nc2ccccc2c1=O. The number of rotatable bonds is 7. The third kappa shape index (κ3) is 3.64. The maximum Gasteiger partial charge on any atom is 0.262 e. The fourth-order valence-corrected chi connectivity index (χ4v) is 5.15. The molecule has 0 bridgehead atoms. The van der Waals surface area contributed by atoms with Gasteiger partial charge in [0, 0.05) is 17.3 Å². The lowest BCUT2D eigenvalue weighted by molar-refractivity contribution is 0.634. The lowest BCUT2D eigenvalue weighted by Gasteiger charge is -2.11. The van der Waals surface area contributed by atoms with E-state index in [2.05, 4.69) is 37.3 Å². The van der Waals surface area contributed by atoms with Crippen LogP contribution >= 0.6 is 23.1 Å². The summed E-state index contributed by atoms with van der Waals surface area (Å²) in [4.78, 5) is 18.8. The van der Waals surface area contributed by atoms with Crippen LogP contribution in [0.3, 0.4) is 0 Å². The quantitative estimate of drug-likeness (QED) is 0.411. The van der Waals surface area contributed by atoms with Crippen molar-refractivity contribution < 1.29 is 0 Å². The number of hydrogen-bond donors (Lipinski definition) is 0. The first-order valence-electron chi connectivity index (χ1n) is 9.69. The second-order valence-electron chi connectivity index (χ2n) is 7.14. The van der Waals surface area contributed by atoms with E-state index in [1.807, 2.05) is 24.3 Å². The first-order chi connectivity index (χ1) is 14.7. The third-order valence-corrected chi connectivity index (χ3v) is 6.87. The van der Waals surface area contributed by atoms with Crippen molar-refractivity contribution in [2.24, 2.45) is 0 Å². The summed E-state index contributed by atoms with van der Waals surface area (Å²) in [6, 6.07) is 13.9. The Hall–Kier alpha value is -2.96. The van der Waals surface area contributed by atoms with E-state index in [0.717, 1.165) is 30.2 Å². The zero-order chi connectivity index (χ0) is 20.5. The second kappa shape index (κ2) is 8.05. The van der Waals surface area contributed by atoms with Gasteiger partial charge in [-0.15, -0.1) is 21.5 Å². The molecule has 0 aliphatic heterocycles. The molecule has 1 fully saturated rings. The molecule has 1 aliphatic carbocycles. The Morgan fingerprint density at radius 1 is 1.17 bits per heavy atom. The molecule has 1 aromatic carbocycles. The smallest absolute Gasteiger partial charge is 0.262 e. The predicted octanol–water partition coefficient (Wildman–Crippen LogP) is 3.79. The molecule has 3 heterocycles. The molecule has 4 aromatic rings. The van der Waals surface area contributed by atoms with E-state index in [0.29, 0.717) is 28.5 Å². The van der Waals surface area contributed by atoms with Crippen LogP contribution in [0.25, 0.3) is 10.9 Å². The van der Waals surface area contributed by atoms with E-state index in [1.54, 1.807) is 17.4 Å². The molecule has 30 heavy (non-hydrogen) atoms. The van der Waals surface area contributed by atoms with Gasteiger partial charge in [0.05, 0.1) is 22.7 Å². The molecule has 0 atom stereocenters. The molecule has 0 amide bonds. The van der Waals surface area contributed by atoms with Gasteiger partial charge in [0.15, 0.2) is 5.16 Å². The molecule has 0 spiro atoms. The van der Waals surface area contributed by atoms with Crippen LogP contribution in [-0.2, 0) is 18.7 Å². The molecule has 1 saturated carbocycles. The van der Waals surface area contributed by atoms with Crippen molar-refractivity contribution in [3.8, 4) is 6.07 Å². The van der Waals surface area contributed by atoms with Crippen molar-refractivity contribution in [1.29, 1.82) is 5.26 Å². The number of nitriles is 1. The van der Waals surface area contributed by atoms with E-state index in [1.165, 1.54) is 21.2 Å². The molecule has 9 heteroatoms. The van der Waals surface area contributed by atoms with Crippen LogP contribution < -0.4 is 5.56 Å². The summed E-state index contributed by atoms with van der Waals surface area (Å²) in [5.74, 6) is 2.00. The van der Waals surface area contributed by atoms with Crippen LogP contribution in [0, 0.1) is 11.3 Å². The van der Waals surface area contributed by atoms with Gasteiger partial charge in [-0.1, -0.05) is 30.0 Å². The van der Waals surface area contributed by atoms with Gasteiger partial charge in [0.2, 0.25) is 0 Å². The fraction of sp³-hybridized carbons (Fsp3) is 0.286. The number of thioether (sulfide) groups is 1. The van der Waals surface area contributed by atoms with E-state index in [4.69, 9.17) is 0 Å². The zero-order valence-electron chi connectivity index (χ0n) is 16.1. The fourth-order valence-electron chi connectivity index (χ4n) is 3.48. The van der Waals surface area contributed by atoms with Gasteiger partial charge in [0.1, 0.15) is 18.2 Å². The summed E-state index contributed by atoms with van der Waals surface area (Å²) in [7, 11) is 0. The lowest BCUT2D eigenvalue weighted by Crippen LogP contribution is -2.24. The Morgan fingerprint density at radius 3 is 2.80 bits per heavy atom. The highest BCUT2D eigenvalue weighted by Gasteiger charge is 2.30. The number of hydrogen-bond acceptors (Lipinski definition) is 7. The number of benzene rings is 1. The van der Waals surface area contributed by atoms with Gasteiger partial charge in [-0.05, 0) is 36.4 Å². The Morgan fingerprint density at radius 2 is 2.03 bits per heavy atom. The molecule has 0 radical (unpaired) electrons. The Balaban J connectivity index is 1.46. The van der Waals surface area contributed by atoms with Gasteiger partial charge in [-0.3, -0.25) is 9.36 Å². The highest BCUT2D eigenvalue weighted by molar-refractivity contribution is 7.98. The Labute approximate surface area is 181 Å². The average Bonchev–Trinajstić information content (AvgIpc) is 3.31. The van der Waals surface area contributed by atoms with Gasteiger partial charge < -0.3 is 4.57 Å². The summed E-state index contributed by atoms with van der Waals surface area (Å²) in [6.45, 7) is -0.0223. The number of fused-ring (bicyclic) bond motifs is 1. The van der Waals surface area contributed by atoms with E-state index >= 15 is 0 Å². The van der Waals surface area contributed by atoms with Crippen molar-refractivity contribution >= 4 is 34.0 Å². The molecule has 0 saturated heterocycles. The number of thiophene rings is 1. The van der Waals surface area contributed by atoms with Crippen LogP contribution in [0.5, 0.6) is 0 Å². The monoisotopic (exact) mass is 434 g/mol. The first kappa shape index (κ1) is 19.0. The van der Waals surface area contributed by atoms with Gasteiger partial charge in [-0.25, -0.2) is 4.98 Å². The lowest BCUT2D eigenvalue weighted by atomic mass is 10.2. The molecule has 7 nitrogen and oxygen atoms in total. The van der Waals surface area contributed by atoms with Crippen LogP contribution in [-0.4, -0.2) is 24.3 Å². The van der Waals surface area contributed by atoms with Crippen molar-refractivity contribution in [2.75, 3.05) is 0 Å². The maximum absolute atomic E-state index is 12.8. The summed E-state index contributed by atoms with van der Waals surface area (Å²) < 4.78 is 3.69. The maximum atomic E-state index is 12.8. The average molecular weight is 435 g/mol. The van der Waals surface area contributed by atoms with E-state index in [-0.39, 0.29) is 12.1 Å². The summed E-state index contributed by atoms with van der Waals surface area (Å²) in [5, 5.41) is 21.5.